The third-order valence-electron chi connectivity index (χ3n) is 3.27. The van der Waals surface area contributed by atoms with E-state index in [4.69, 9.17) is 4.74 Å². The first kappa shape index (κ1) is 11.3. The molecule has 2 heteroatoms. The van der Waals surface area contributed by atoms with E-state index in [-0.39, 0.29) is 5.92 Å². The Labute approximate surface area is 96.6 Å². The number of benzene rings is 1. The zero-order valence-electron chi connectivity index (χ0n) is 9.74. The van der Waals surface area contributed by atoms with Crippen LogP contribution in [0.25, 0.3) is 0 Å². The first-order valence-corrected chi connectivity index (χ1v) is 5.94. The van der Waals surface area contributed by atoms with E-state index in [1.54, 1.807) is 7.11 Å². The maximum absolute atomic E-state index is 12.0. The quantitative estimate of drug-likeness (QED) is 0.710. The lowest BCUT2D eigenvalue weighted by Crippen LogP contribution is -2.09. The molecule has 16 heavy (non-hydrogen) atoms. The van der Waals surface area contributed by atoms with Crippen molar-refractivity contribution in [1.29, 1.82) is 0 Å². The number of hydrogen-bond acceptors (Lipinski definition) is 2. The van der Waals surface area contributed by atoms with E-state index in [1.807, 2.05) is 18.2 Å². The molecule has 0 aromatic heterocycles. The Morgan fingerprint density at radius 2 is 2.12 bits per heavy atom. The summed E-state index contributed by atoms with van der Waals surface area (Å²) in [6.07, 6.45) is 4.06. The summed E-state index contributed by atoms with van der Waals surface area (Å²) >= 11 is 0. The molecule has 0 saturated carbocycles. The van der Waals surface area contributed by atoms with Crippen LogP contribution >= 0.6 is 0 Å². The average molecular weight is 218 g/mol. The molecule has 2 rings (SSSR count). The average Bonchev–Trinajstić information content (AvgIpc) is 2.63. The number of ether oxygens (including phenoxy) is 1. The van der Waals surface area contributed by atoms with Gasteiger partial charge in [0.15, 0.2) is 5.78 Å². The minimum Gasteiger partial charge on any atom is -0.385 e. The highest BCUT2D eigenvalue weighted by molar-refractivity contribution is 6.02. The normalized spacial score (nSPS) is 18.8. The third kappa shape index (κ3) is 2.33. The SMILES string of the molecule is COCCCCC1Cc2ccccc2C1=O. The minimum atomic E-state index is 0.217. The summed E-state index contributed by atoms with van der Waals surface area (Å²) in [5.41, 5.74) is 2.17. The Hall–Kier alpha value is -1.15. The van der Waals surface area contributed by atoms with E-state index in [2.05, 4.69) is 6.07 Å². The van der Waals surface area contributed by atoms with Crippen LogP contribution in [0.2, 0.25) is 0 Å². The van der Waals surface area contributed by atoms with Crippen molar-refractivity contribution in [3.8, 4) is 0 Å². The van der Waals surface area contributed by atoms with Crippen molar-refractivity contribution in [2.45, 2.75) is 25.7 Å². The molecule has 1 aromatic rings. The van der Waals surface area contributed by atoms with Gasteiger partial charge in [0, 0.05) is 25.2 Å². The maximum atomic E-state index is 12.0. The van der Waals surface area contributed by atoms with Gasteiger partial charge < -0.3 is 4.74 Å². The van der Waals surface area contributed by atoms with Crippen LogP contribution in [0.3, 0.4) is 0 Å². The van der Waals surface area contributed by atoms with E-state index < -0.39 is 0 Å². The summed E-state index contributed by atoms with van der Waals surface area (Å²) in [7, 11) is 1.72. The number of rotatable bonds is 5. The zero-order valence-corrected chi connectivity index (χ0v) is 9.74. The van der Waals surface area contributed by atoms with E-state index >= 15 is 0 Å². The second-order valence-electron chi connectivity index (χ2n) is 4.41. The Kier molecular flexibility index (Phi) is 3.73. The molecule has 0 aliphatic heterocycles. The molecule has 1 aliphatic rings. The molecule has 0 heterocycles. The predicted octanol–water partition coefficient (Wildman–Crippen LogP) is 2.86. The van der Waals surface area contributed by atoms with Gasteiger partial charge in [0.05, 0.1) is 0 Å². The van der Waals surface area contributed by atoms with Gasteiger partial charge in [-0.15, -0.1) is 0 Å². The summed E-state index contributed by atoms with van der Waals surface area (Å²) in [6, 6.07) is 7.98. The number of hydrogen-bond donors (Lipinski definition) is 0. The van der Waals surface area contributed by atoms with Gasteiger partial charge in [-0.2, -0.15) is 0 Å². The van der Waals surface area contributed by atoms with Crippen molar-refractivity contribution in [2.75, 3.05) is 13.7 Å². The van der Waals surface area contributed by atoms with Crippen LogP contribution in [0.15, 0.2) is 24.3 Å². The number of Topliss-reactive ketones (excluding diaryl/α,β-unsaturated/α-hetero) is 1. The number of carbonyl (C=O) groups excluding carboxylic acids is 1. The lowest BCUT2D eigenvalue weighted by atomic mass is 9.98. The molecule has 0 amide bonds. The van der Waals surface area contributed by atoms with Crippen molar-refractivity contribution in [1.82, 2.24) is 0 Å². The lowest BCUT2D eigenvalue weighted by Gasteiger charge is -2.06. The summed E-state index contributed by atoms with van der Waals surface area (Å²) in [4.78, 5) is 12.0. The van der Waals surface area contributed by atoms with Crippen molar-refractivity contribution < 1.29 is 9.53 Å². The molecule has 1 aliphatic carbocycles. The molecule has 0 bridgehead atoms. The van der Waals surface area contributed by atoms with Gasteiger partial charge in [-0.05, 0) is 24.8 Å². The fourth-order valence-electron chi connectivity index (χ4n) is 2.39. The first-order valence-electron chi connectivity index (χ1n) is 5.94. The molecule has 0 saturated heterocycles. The van der Waals surface area contributed by atoms with Gasteiger partial charge in [0.1, 0.15) is 0 Å². The van der Waals surface area contributed by atoms with Gasteiger partial charge in [0.2, 0.25) is 0 Å². The molecule has 1 atom stereocenters. The zero-order chi connectivity index (χ0) is 11.4. The molecular weight excluding hydrogens is 200 g/mol. The van der Waals surface area contributed by atoms with Gasteiger partial charge in [-0.3, -0.25) is 4.79 Å². The molecule has 0 radical (unpaired) electrons. The van der Waals surface area contributed by atoms with E-state index in [9.17, 15) is 4.79 Å². The minimum absolute atomic E-state index is 0.217. The number of fused-ring (bicyclic) bond motifs is 1. The fraction of sp³-hybridized carbons (Fsp3) is 0.500. The van der Waals surface area contributed by atoms with Crippen LogP contribution in [0.1, 0.15) is 35.2 Å². The Morgan fingerprint density at radius 3 is 2.88 bits per heavy atom. The fourth-order valence-corrected chi connectivity index (χ4v) is 2.39. The highest BCUT2D eigenvalue weighted by Crippen LogP contribution is 2.29. The Bertz CT molecular complexity index is 371. The van der Waals surface area contributed by atoms with E-state index in [0.29, 0.717) is 5.78 Å². The van der Waals surface area contributed by atoms with Gasteiger partial charge in [-0.25, -0.2) is 0 Å². The van der Waals surface area contributed by atoms with Crippen LogP contribution in [0.4, 0.5) is 0 Å². The monoisotopic (exact) mass is 218 g/mol. The maximum Gasteiger partial charge on any atom is 0.166 e. The summed E-state index contributed by atoms with van der Waals surface area (Å²) < 4.78 is 5.01. The topological polar surface area (TPSA) is 26.3 Å². The van der Waals surface area contributed by atoms with Crippen molar-refractivity contribution >= 4 is 5.78 Å². The number of unbranched alkanes of at least 4 members (excludes halogenated alkanes) is 1. The molecule has 0 spiro atoms. The highest BCUT2D eigenvalue weighted by Gasteiger charge is 2.29. The van der Waals surface area contributed by atoms with E-state index in [0.717, 1.165) is 37.9 Å². The smallest absolute Gasteiger partial charge is 0.166 e. The Balaban J connectivity index is 1.89. The second-order valence-corrected chi connectivity index (χ2v) is 4.41. The summed E-state index contributed by atoms with van der Waals surface area (Å²) in [5, 5.41) is 0. The second kappa shape index (κ2) is 5.26. The van der Waals surface area contributed by atoms with Gasteiger partial charge >= 0.3 is 0 Å². The van der Waals surface area contributed by atoms with Crippen molar-refractivity contribution in [3.63, 3.8) is 0 Å². The third-order valence-corrected chi connectivity index (χ3v) is 3.27. The van der Waals surface area contributed by atoms with E-state index in [1.165, 1.54) is 5.56 Å². The molecule has 1 aromatic carbocycles. The molecule has 0 fully saturated rings. The van der Waals surface area contributed by atoms with Crippen molar-refractivity contribution in [3.05, 3.63) is 35.4 Å². The van der Waals surface area contributed by atoms with Crippen LogP contribution in [-0.2, 0) is 11.2 Å². The molecule has 86 valence electrons. The van der Waals surface area contributed by atoms with Gasteiger partial charge in [0.25, 0.3) is 0 Å². The summed E-state index contributed by atoms with van der Waals surface area (Å²) in [5.74, 6) is 0.558. The van der Waals surface area contributed by atoms with Crippen LogP contribution < -0.4 is 0 Å². The summed E-state index contributed by atoms with van der Waals surface area (Å²) in [6.45, 7) is 0.799. The molecule has 1 unspecified atom stereocenters. The molecular formula is C14H18O2. The van der Waals surface area contributed by atoms with Crippen LogP contribution in [-0.4, -0.2) is 19.5 Å². The Morgan fingerprint density at radius 1 is 1.31 bits per heavy atom. The predicted molar refractivity (Wildman–Crippen MR) is 63.7 cm³/mol. The molecule has 0 N–H and O–H groups in total. The number of ketones is 1. The van der Waals surface area contributed by atoms with Gasteiger partial charge in [-0.1, -0.05) is 30.7 Å². The number of methoxy groups -OCH3 is 1. The molecule has 2 nitrogen and oxygen atoms in total. The highest BCUT2D eigenvalue weighted by atomic mass is 16.5. The first-order chi connectivity index (χ1) is 7.83. The number of carbonyl (C=O) groups is 1. The van der Waals surface area contributed by atoms with Crippen LogP contribution in [0, 0.1) is 5.92 Å². The van der Waals surface area contributed by atoms with Crippen LogP contribution in [0.5, 0.6) is 0 Å². The largest absolute Gasteiger partial charge is 0.385 e. The lowest BCUT2D eigenvalue weighted by molar-refractivity contribution is 0.0926. The van der Waals surface area contributed by atoms with Crippen molar-refractivity contribution in [2.24, 2.45) is 5.92 Å². The standard InChI is InChI=1S/C14H18O2/c1-16-9-5-4-7-12-10-11-6-2-3-8-13(11)14(12)15/h2-3,6,8,12H,4-5,7,9-10H2,1H3.